The molecule has 0 aliphatic carbocycles. The number of non-ortho nitro benzene ring substituents is 1. The quantitative estimate of drug-likeness (QED) is 0.594. The molecule has 0 bridgehead atoms. The van der Waals surface area contributed by atoms with Crippen molar-refractivity contribution in [3.05, 3.63) is 57.8 Å². The summed E-state index contributed by atoms with van der Waals surface area (Å²) in [7, 11) is 1.57. The summed E-state index contributed by atoms with van der Waals surface area (Å²) < 4.78 is 10.4. The predicted molar refractivity (Wildman–Crippen MR) is 86.5 cm³/mol. The monoisotopic (exact) mass is 317 g/mol. The van der Waals surface area contributed by atoms with Gasteiger partial charge in [0.15, 0.2) is 0 Å². The highest BCUT2D eigenvalue weighted by Gasteiger charge is 2.11. The van der Waals surface area contributed by atoms with Crippen molar-refractivity contribution in [1.29, 1.82) is 0 Å². The third-order valence-corrected chi connectivity index (χ3v) is 3.25. The fourth-order valence-electron chi connectivity index (χ4n) is 2.03. The van der Waals surface area contributed by atoms with E-state index in [-0.39, 0.29) is 5.69 Å². The molecule has 23 heavy (non-hydrogen) atoms. The summed E-state index contributed by atoms with van der Waals surface area (Å²) in [5.74, 6) is 0.557. The number of benzene rings is 1. The zero-order valence-corrected chi connectivity index (χ0v) is 13.1. The highest BCUT2D eigenvalue weighted by Crippen LogP contribution is 2.23. The zero-order chi connectivity index (χ0) is 16.7. The first-order valence-electron chi connectivity index (χ1n) is 7.22. The number of rotatable bonds is 8. The number of nitro groups is 1. The predicted octanol–water partition coefficient (Wildman–Crippen LogP) is 3.15. The van der Waals surface area contributed by atoms with E-state index in [9.17, 15) is 10.1 Å². The Labute approximate surface area is 134 Å². The molecule has 1 N–H and O–H groups in total. The zero-order valence-electron chi connectivity index (χ0n) is 13.1. The molecule has 0 aliphatic rings. The number of nitrogens with one attached hydrogen (secondary N) is 1. The van der Waals surface area contributed by atoms with Crippen LogP contribution >= 0.6 is 0 Å². The van der Waals surface area contributed by atoms with Crippen molar-refractivity contribution in [1.82, 2.24) is 4.98 Å². The molecular formula is C16H19N3O4. The summed E-state index contributed by atoms with van der Waals surface area (Å²) in [6.07, 6.45) is 1.72. The minimum atomic E-state index is -0.410. The average molecular weight is 317 g/mol. The van der Waals surface area contributed by atoms with Crippen LogP contribution in [0.2, 0.25) is 0 Å². The maximum atomic E-state index is 10.9. The number of hydrogen-bond acceptors (Lipinski definition) is 6. The van der Waals surface area contributed by atoms with Gasteiger partial charge in [0.2, 0.25) is 5.88 Å². The van der Waals surface area contributed by atoms with Gasteiger partial charge in [-0.1, -0.05) is 6.07 Å². The number of ether oxygens (including phenoxy) is 2. The second-order valence-electron chi connectivity index (χ2n) is 4.80. The summed E-state index contributed by atoms with van der Waals surface area (Å²) in [6, 6.07) is 8.40. The molecule has 0 radical (unpaired) electrons. The van der Waals surface area contributed by atoms with Crippen LogP contribution in [-0.2, 0) is 17.9 Å². The molecule has 0 fully saturated rings. The Morgan fingerprint density at radius 2 is 2.13 bits per heavy atom. The van der Waals surface area contributed by atoms with E-state index in [1.807, 2.05) is 13.0 Å². The molecule has 2 rings (SSSR count). The van der Waals surface area contributed by atoms with Crippen molar-refractivity contribution in [2.24, 2.45) is 0 Å². The first-order chi connectivity index (χ1) is 11.1. The maximum Gasteiger partial charge on any atom is 0.269 e. The molecule has 7 nitrogen and oxygen atoms in total. The molecule has 0 aliphatic heterocycles. The van der Waals surface area contributed by atoms with Crippen LogP contribution in [0.3, 0.4) is 0 Å². The summed E-state index contributed by atoms with van der Waals surface area (Å²) >= 11 is 0. The van der Waals surface area contributed by atoms with Gasteiger partial charge in [-0.3, -0.25) is 10.1 Å². The van der Waals surface area contributed by atoms with Gasteiger partial charge < -0.3 is 14.8 Å². The molecule has 0 spiro atoms. The van der Waals surface area contributed by atoms with Gasteiger partial charge in [-0.25, -0.2) is 4.98 Å². The van der Waals surface area contributed by atoms with E-state index < -0.39 is 4.92 Å². The molecule has 1 aromatic heterocycles. The first-order valence-corrected chi connectivity index (χ1v) is 7.22. The van der Waals surface area contributed by atoms with E-state index in [4.69, 9.17) is 9.47 Å². The summed E-state index contributed by atoms with van der Waals surface area (Å²) in [4.78, 5) is 14.6. The maximum absolute atomic E-state index is 10.9. The minimum absolute atomic E-state index is 0.0522. The van der Waals surface area contributed by atoms with Crippen LogP contribution < -0.4 is 10.1 Å². The molecule has 0 atom stereocenters. The van der Waals surface area contributed by atoms with E-state index in [1.54, 1.807) is 25.4 Å². The van der Waals surface area contributed by atoms with Crippen LogP contribution in [0.1, 0.15) is 18.1 Å². The molecule has 1 aromatic carbocycles. The van der Waals surface area contributed by atoms with Gasteiger partial charge in [-0.2, -0.15) is 0 Å². The molecule has 122 valence electrons. The lowest BCUT2D eigenvalue weighted by Gasteiger charge is -2.12. The molecule has 0 unspecified atom stereocenters. The second-order valence-corrected chi connectivity index (χ2v) is 4.80. The second kappa shape index (κ2) is 8.09. The summed E-state index contributed by atoms with van der Waals surface area (Å²) in [5, 5.41) is 14.2. The van der Waals surface area contributed by atoms with Gasteiger partial charge in [0.25, 0.3) is 5.69 Å². The smallest absolute Gasteiger partial charge is 0.269 e. The lowest BCUT2D eigenvalue weighted by atomic mass is 10.1. The standard InChI is InChI=1S/C16H19N3O4/c1-3-23-11-13-8-14(19(20)21)5-6-15(13)17-9-12-4-7-16(22-2)18-10-12/h4-8,10,17H,3,9,11H2,1-2H3. The van der Waals surface area contributed by atoms with Crippen molar-refractivity contribution < 1.29 is 14.4 Å². The van der Waals surface area contributed by atoms with Crippen LogP contribution in [0.15, 0.2) is 36.5 Å². The van der Waals surface area contributed by atoms with Gasteiger partial charge in [0, 0.05) is 48.8 Å². The molecule has 7 heteroatoms. The van der Waals surface area contributed by atoms with E-state index >= 15 is 0 Å². The largest absolute Gasteiger partial charge is 0.481 e. The van der Waals surface area contributed by atoms with E-state index in [0.29, 0.717) is 25.6 Å². The normalized spacial score (nSPS) is 10.3. The van der Waals surface area contributed by atoms with E-state index in [0.717, 1.165) is 16.8 Å². The van der Waals surface area contributed by atoms with Crippen molar-refractivity contribution in [3.8, 4) is 5.88 Å². The van der Waals surface area contributed by atoms with Gasteiger partial charge in [0.1, 0.15) is 0 Å². The number of nitrogens with zero attached hydrogens (tertiary/aromatic N) is 2. The summed E-state index contributed by atoms with van der Waals surface area (Å²) in [5.41, 5.74) is 2.59. The number of pyridine rings is 1. The van der Waals surface area contributed by atoms with Gasteiger partial charge in [-0.15, -0.1) is 0 Å². The fraction of sp³-hybridized carbons (Fsp3) is 0.312. The first kappa shape index (κ1) is 16.7. The summed E-state index contributed by atoms with van der Waals surface area (Å²) in [6.45, 7) is 3.30. The van der Waals surface area contributed by atoms with E-state index in [1.165, 1.54) is 12.1 Å². The molecular weight excluding hydrogens is 298 g/mol. The van der Waals surface area contributed by atoms with Crippen LogP contribution in [0.5, 0.6) is 5.88 Å². The Morgan fingerprint density at radius 1 is 1.30 bits per heavy atom. The highest BCUT2D eigenvalue weighted by atomic mass is 16.6. The van der Waals surface area contributed by atoms with Gasteiger partial charge >= 0.3 is 0 Å². The van der Waals surface area contributed by atoms with Crippen molar-refractivity contribution >= 4 is 11.4 Å². The number of methoxy groups -OCH3 is 1. The van der Waals surface area contributed by atoms with Crippen LogP contribution in [0.25, 0.3) is 0 Å². The van der Waals surface area contributed by atoms with Crippen molar-refractivity contribution in [2.45, 2.75) is 20.1 Å². The number of hydrogen-bond donors (Lipinski definition) is 1. The van der Waals surface area contributed by atoms with Gasteiger partial charge in [0.05, 0.1) is 18.6 Å². The Kier molecular flexibility index (Phi) is 5.87. The number of nitro benzene ring substituents is 1. The average Bonchev–Trinajstić information content (AvgIpc) is 2.58. The lowest BCUT2D eigenvalue weighted by Crippen LogP contribution is -2.05. The third-order valence-electron chi connectivity index (χ3n) is 3.25. The van der Waals surface area contributed by atoms with Crippen molar-refractivity contribution in [2.75, 3.05) is 19.0 Å². The Hall–Kier alpha value is -2.67. The number of aromatic nitrogens is 1. The molecule has 0 saturated carbocycles. The van der Waals surface area contributed by atoms with Crippen LogP contribution in [0, 0.1) is 10.1 Å². The van der Waals surface area contributed by atoms with Crippen LogP contribution in [0.4, 0.5) is 11.4 Å². The molecule has 1 heterocycles. The Morgan fingerprint density at radius 3 is 2.74 bits per heavy atom. The number of anilines is 1. The topological polar surface area (TPSA) is 86.5 Å². The Bertz CT molecular complexity index is 659. The molecule has 0 amide bonds. The van der Waals surface area contributed by atoms with E-state index in [2.05, 4.69) is 10.3 Å². The van der Waals surface area contributed by atoms with Crippen molar-refractivity contribution in [3.63, 3.8) is 0 Å². The fourth-order valence-corrected chi connectivity index (χ4v) is 2.03. The molecule has 0 saturated heterocycles. The molecule has 2 aromatic rings. The lowest BCUT2D eigenvalue weighted by molar-refractivity contribution is -0.384. The van der Waals surface area contributed by atoms with Gasteiger partial charge in [-0.05, 0) is 18.6 Å². The SMILES string of the molecule is CCOCc1cc([N+](=O)[O-])ccc1NCc1ccc(OC)nc1. The van der Waals surface area contributed by atoms with Crippen LogP contribution in [-0.4, -0.2) is 23.6 Å². The Balaban J connectivity index is 2.11. The third kappa shape index (κ3) is 4.65. The highest BCUT2D eigenvalue weighted by molar-refractivity contribution is 5.56. The minimum Gasteiger partial charge on any atom is -0.481 e.